The van der Waals surface area contributed by atoms with Crippen LogP contribution >= 0.6 is 11.6 Å². The molecule has 6 nitrogen and oxygen atoms in total. The number of halogens is 2. The minimum atomic E-state index is -0.460. The summed E-state index contributed by atoms with van der Waals surface area (Å²) >= 11 is 5.82. The average Bonchev–Trinajstić information content (AvgIpc) is 3.22. The van der Waals surface area contributed by atoms with E-state index in [1.807, 2.05) is 13.0 Å². The Hall–Kier alpha value is -3.32. The number of para-hydroxylation sites is 1. The number of carbonyl (C=O) groups is 1. The van der Waals surface area contributed by atoms with Gasteiger partial charge in [0.05, 0.1) is 31.4 Å². The van der Waals surface area contributed by atoms with E-state index in [1.165, 1.54) is 6.07 Å². The lowest BCUT2D eigenvalue weighted by molar-refractivity contribution is 0.0961. The fourth-order valence-electron chi connectivity index (χ4n) is 3.63. The Kier molecular flexibility index (Phi) is 6.46. The number of methoxy groups -OCH3 is 1. The Labute approximate surface area is 190 Å². The van der Waals surface area contributed by atoms with E-state index >= 15 is 0 Å². The smallest absolute Gasteiger partial charge is 0.176 e. The Morgan fingerprint density at radius 1 is 1.25 bits per heavy atom. The Bertz CT molecular complexity index is 1150. The van der Waals surface area contributed by atoms with Crippen molar-refractivity contribution >= 4 is 23.2 Å². The number of carbonyl (C=O) groups excluding carboxylic acids is 1. The molecule has 32 heavy (non-hydrogen) atoms. The zero-order valence-corrected chi connectivity index (χ0v) is 18.4. The third-order valence-electron chi connectivity index (χ3n) is 5.22. The fraction of sp³-hybridized carbons (Fsp3) is 0.250. The lowest BCUT2D eigenvalue weighted by Crippen LogP contribution is -2.16. The predicted octanol–water partition coefficient (Wildman–Crippen LogP) is 5.25. The van der Waals surface area contributed by atoms with Crippen LogP contribution in [-0.2, 0) is 6.61 Å². The van der Waals surface area contributed by atoms with Gasteiger partial charge in [0, 0.05) is 22.7 Å². The molecule has 0 bridgehead atoms. The Balaban J connectivity index is 1.63. The van der Waals surface area contributed by atoms with Crippen LogP contribution in [0.15, 0.2) is 48.7 Å². The molecule has 0 aliphatic carbocycles. The molecule has 0 saturated heterocycles. The Morgan fingerprint density at radius 3 is 2.84 bits per heavy atom. The number of hydrogen-bond acceptors (Lipinski definition) is 6. The second-order valence-electron chi connectivity index (χ2n) is 7.20. The lowest BCUT2D eigenvalue weighted by Gasteiger charge is -2.17. The van der Waals surface area contributed by atoms with Crippen LogP contribution in [0.3, 0.4) is 0 Å². The van der Waals surface area contributed by atoms with Crippen LogP contribution in [0.5, 0.6) is 17.2 Å². The number of nitrogens with zero attached hydrogens (tertiary/aromatic N) is 1. The molecular formula is C24H22ClFN2O4. The fourth-order valence-corrected chi connectivity index (χ4v) is 3.79. The molecule has 0 saturated carbocycles. The first-order valence-electron chi connectivity index (χ1n) is 10.2. The number of aromatic nitrogens is 1. The van der Waals surface area contributed by atoms with E-state index < -0.39 is 11.7 Å². The van der Waals surface area contributed by atoms with Gasteiger partial charge < -0.3 is 19.5 Å². The van der Waals surface area contributed by atoms with Gasteiger partial charge in [0.25, 0.3) is 0 Å². The number of benzene rings is 2. The molecule has 8 heteroatoms. The average molecular weight is 457 g/mol. The van der Waals surface area contributed by atoms with Crippen molar-refractivity contribution in [2.24, 2.45) is 0 Å². The number of ether oxygens (including phenoxy) is 3. The molecule has 4 rings (SSSR count). The van der Waals surface area contributed by atoms with E-state index in [1.54, 1.807) is 43.6 Å². The maximum atomic E-state index is 14.1. The molecule has 1 aliphatic rings. The molecule has 2 aromatic carbocycles. The van der Waals surface area contributed by atoms with Gasteiger partial charge in [-0.2, -0.15) is 0 Å². The third-order valence-corrected chi connectivity index (χ3v) is 5.46. The zero-order valence-electron chi connectivity index (χ0n) is 17.7. The van der Waals surface area contributed by atoms with E-state index in [0.717, 1.165) is 5.56 Å². The van der Waals surface area contributed by atoms with Gasteiger partial charge in [-0.1, -0.05) is 23.7 Å². The van der Waals surface area contributed by atoms with Gasteiger partial charge >= 0.3 is 0 Å². The highest BCUT2D eigenvalue weighted by Crippen LogP contribution is 2.39. The van der Waals surface area contributed by atoms with Crippen molar-refractivity contribution in [2.45, 2.75) is 19.4 Å². The molecule has 1 aliphatic heterocycles. The molecule has 1 aromatic heterocycles. The van der Waals surface area contributed by atoms with Crippen LogP contribution in [-0.4, -0.2) is 31.0 Å². The van der Waals surface area contributed by atoms with Gasteiger partial charge in [-0.15, -0.1) is 0 Å². The van der Waals surface area contributed by atoms with Crippen LogP contribution in [0.2, 0.25) is 5.02 Å². The largest absolute Gasteiger partial charge is 0.495 e. The summed E-state index contributed by atoms with van der Waals surface area (Å²) in [5.41, 5.74) is 1.51. The predicted molar refractivity (Wildman–Crippen MR) is 120 cm³/mol. The summed E-state index contributed by atoms with van der Waals surface area (Å²) in [6.07, 6.45) is 1.61. The number of hydrogen-bond donors (Lipinski definition) is 1. The van der Waals surface area contributed by atoms with E-state index in [4.69, 9.17) is 25.8 Å². The highest BCUT2D eigenvalue weighted by molar-refractivity contribution is 6.30. The van der Waals surface area contributed by atoms with Crippen LogP contribution in [0, 0.1) is 5.82 Å². The molecule has 1 unspecified atom stereocenters. The molecule has 0 fully saturated rings. The van der Waals surface area contributed by atoms with Crippen LogP contribution in [0.1, 0.15) is 34.3 Å². The first-order valence-corrected chi connectivity index (χ1v) is 10.5. The minimum absolute atomic E-state index is 0.0321. The van der Waals surface area contributed by atoms with E-state index in [-0.39, 0.29) is 12.4 Å². The standard InChI is InChI=1S/C24H22ClFN2O4/c1-3-31-23-17(22(29)19-12-28-24-18(19)10-16(30-2)11-27-24)5-4-6-21(23)32-13-14-7-8-15(25)9-20(14)26/h4-11,19H,3,12-13H2,1-2H3,(H,27,28). The maximum absolute atomic E-state index is 14.1. The van der Waals surface area contributed by atoms with E-state index in [2.05, 4.69) is 10.3 Å². The SMILES string of the molecule is CCOc1c(OCc2ccc(Cl)cc2F)cccc1C(=O)C1CNc2ncc(OC)cc21. The summed E-state index contributed by atoms with van der Waals surface area (Å²) in [5.74, 6) is 0.900. The van der Waals surface area contributed by atoms with E-state index in [0.29, 0.717) is 52.4 Å². The van der Waals surface area contributed by atoms with Crippen molar-refractivity contribution in [3.05, 3.63) is 76.2 Å². The van der Waals surface area contributed by atoms with Crippen molar-refractivity contribution in [1.82, 2.24) is 4.98 Å². The van der Waals surface area contributed by atoms with Crippen molar-refractivity contribution < 1.29 is 23.4 Å². The maximum Gasteiger partial charge on any atom is 0.176 e. The zero-order chi connectivity index (χ0) is 22.7. The number of rotatable bonds is 8. The Morgan fingerprint density at radius 2 is 2.09 bits per heavy atom. The van der Waals surface area contributed by atoms with Gasteiger partial charge in [0.15, 0.2) is 17.3 Å². The normalized spacial score (nSPS) is 14.4. The second kappa shape index (κ2) is 9.44. The number of fused-ring (bicyclic) bond motifs is 1. The van der Waals surface area contributed by atoms with Gasteiger partial charge in [0.1, 0.15) is 24.0 Å². The summed E-state index contributed by atoms with van der Waals surface area (Å²) in [6, 6.07) is 11.3. The number of Topliss-reactive ketones (excluding diaryl/α,β-unsaturated/α-hetero) is 1. The third kappa shape index (κ3) is 4.34. The van der Waals surface area contributed by atoms with Crippen molar-refractivity contribution in [1.29, 1.82) is 0 Å². The first-order chi connectivity index (χ1) is 15.5. The first kappa shape index (κ1) is 21.9. The topological polar surface area (TPSA) is 69.7 Å². The van der Waals surface area contributed by atoms with E-state index in [9.17, 15) is 9.18 Å². The molecule has 3 aromatic rings. The van der Waals surface area contributed by atoms with Crippen molar-refractivity contribution in [3.63, 3.8) is 0 Å². The molecule has 0 radical (unpaired) electrons. The summed E-state index contributed by atoms with van der Waals surface area (Å²) in [6.45, 7) is 2.55. The summed E-state index contributed by atoms with van der Waals surface area (Å²) in [7, 11) is 1.56. The second-order valence-corrected chi connectivity index (χ2v) is 7.64. The molecule has 1 atom stereocenters. The number of pyridine rings is 1. The lowest BCUT2D eigenvalue weighted by atomic mass is 9.92. The molecule has 0 spiro atoms. The molecule has 0 amide bonds. The molecule has 166 valence electrons. The van der Waals surface area contributed by atoms with Crippen LogP contribution in [0.25, 0.3) is 0 Å². The number of ketones is 1. The number of anilines is 1. The highest BCUT2D eigenvalue weighted by Gasteiger charge is 2.33. The summed E-state index contributed by atoms with van der Waals surface area (Å²) in [5, 5.41) is 3.47. The van der Waals surface area contributed by atoms with Gasteiger partial charge in [-0.25, -0.2) is 9.37 Å². The number of nitrogens with one attached hydrogen (secondary N) is 1. The molecular weight excluding hydrogens is 435 g/mol. The van der Waals surface area contributed by atoms with Crippen LogP contribution < -0.4 is 19.5 Å². The van der Waals surface area contributed by atoms with Crippen LogP contribution in [0.4, 0.5) is 10.2 Å². The summed E-state index contributed by atoms with van der Waals surface area (Å²) < 4.78 is 31.0. The van der Waals surface area contributed by atoms with Gasteiger partial charge in [-0.05, 0) is 37.3 Å². The quantitative estimate of drug-likeness (QED) is 0.467. The van der Waals surface area contributed by atoms with Gasteiger partial charge in [0.2, 0.25) is 0 Å². The minimum Gasteiger partial charge on any atom is -0.495 e. The van der Waals surface area contributed by atoms with Crippen molar-refractivity contribution in [2.75, 3.05) is 25.6 Å². The van der Waals surface area contributed by atoms with Crippen molar-refractivity contribution in [3.8, 4) is 17.2 Å². The monoisotopic (exact) mass is 456 g/mol. The molecule has 2 heterocycles. The molecule has 1 N–H and O–H groups in total. The van der Waals surface area contributed by atoms with Gasteiger partial charge in [-0.3, -0.25) is 4.79 Å². The highest BCUT2D eigenvalue weighted by atomic mass is 35.5. The summed E-state index contributed by atoms with van der Waals surface area (Å²) in [4.78, 5) is 17.8.